The van der Waals surface area contributed by atoms with Crippen molar-refractivity contribution in [3.05, 3.63) is 76.6 Å². The molecule has 30 heavy (non-hydrogen) atoms. The lowest BCUT2D eigenvalue weighted by Crippen LogP contribution is -2.33. The van der Waals surface area contributed by atoms with Gasteiger partial charge in [0, 0.05) is 17.3 Å². The van der Waals surface area contributed by atoms with Gasteiger partial charge in [0.1, 0.15) is 11.8 Å². The molecular weight excluding hydrogens is 386 g/mol. The van der Waals surface area contributed by atoms with Crippen LogP contribution in [0.25, 0.3) is 11.3 Å². The SMILES string of the molecule is COC(=O)c1ccc(NC(=O)C(C)n2nc(-c3ccc(OC)cc3)ccc2=O)cc1. The maximum absolute atomic E-state index is 12.7. The van der Waals surface area contributed by atoms with Gasteiger partial charge in [-0.25, -0.2) is 9.48 Å². The van der Waals surface area contributed by atoms with E-state index in [-0.39, 0.29) is 0 Å². The highest BCUT2D eigenvalue weighted by Gasteiger charge is 2.18. The van der Waals surface area contributed by atoms with Crippen molar-refractivity contribution in [2.45, 2.75) is 13.0 Å². The van der Waals surface area contributed by atoms with Crippen LogP contribution >= 0.6 is 0 Å². The van der Waals surface area contributed by atoms with Gasteiger partial charge in [-0.2, -0.15) is 5.10 Å². The summed E-state index contributed by atoms with van der Waals surface area (Å²) in [6.07, 6.45) is 0. The van der Waals surface area contributed by atoms with E-state index in [1.807, 2.05) is 12.1 Å². The quantitative estimate of drug-likeness (QED) is 0.631. The van der Waals surface area contributed by atoms with E-state index in [9.17, 15) is 14.4 Å². The maximum atomic E-state index is 12.7. The Morgan fingerprint density at radius 2 is 1.63 bits per heavy atom. The summed E-state index contributed by atoms with van der Waals surface area (Å²) in [5.41, 5.74) is 1.80. The fraction of sp³-hybridized carbons (Fsp3) is 0.182. The molecule has 3 aromatic rings. The van der Waals surface area contributed by atoms with Gasteiger partial charge in [-0.1, -0.05) is 0 Å². The number of methoxy groups -OCH3 is 2. The highest BCUT2D eigenvalue weighted by atomic mass is 16.5. The van der Waals surface area contributed by atoms with E-state index in [4.69, 9.17) is 4.74 Å². The van der Waals surface area contributed by atoms with E-state index in [2.05, 4.69) is 15.2 Å². The molecular formula is C22H21N3O5. The molecule has 1 atom stereocenters. The van der Waals surface area contributed by atoms with Gasteiger partial charge in [0.2, 0.25) is 5.91 Å². The fourth-order valence-corrected chi connectivity index (χ4v) is 2.78. The van der Waals surface area contributed by atoms with Gasteiger partial charge in [-0.15, -0.1) is 0 Å². The van der Waals surface area contributed by atoms with Crippen molar-refractivity contribution in [3.8, 4) is 17.0 Å². The number of ether oxygens (including phenoxy) is 2. The zero-order chi connectivity index (χ0) is 21.7. The van der Waals surface area contributed by atoms with Gasteiger partial charge in [0.15, 0.2) is 0 Å². The summed E-state index contributed by atoms with van der Waals surface area (Å²) in [5, 5.41) is 7.07. The lowest BCUT2D eigenvalue weighted by molar-refractivity contribution is -0.119. The van der Waals surface area contributed by atoms with Crippen molar-refractivity contribution >= 4 is 17.6 Å². The van der Waals surface area contributed by atoms with E-state index >= 15 is 0 Å². The van der Waals surface area contributed by atoms with E-state index in [1.165, 1.54) is 13.2 Å². The van der Waals surface area contributed by atoms with Crippen LogP contribution in [-0.4, -0.2) is 35.9 Å². The topological polar surface area (TPSA) is 99.5 Å². The molecule has 1 amide bonds. The van der Waals surface area contributed by atoms with Crippen molar-refractivity contribution in [1.82, 2.24) is 9.78 Å². The second-order valence-corrected chi connectivity index (χ2v) is 6.46. The first-order valence-electron chi connectivity index (χ1n) is 9.16. The number of anilines is 1. The van der Waals surface area contributed by atoms with Gasteiger partial charge in [-0.3, -0.25) is 9.59 Å². The average molecular weight is 407 g/mol. The van der Waals surface area contributed by atoms with Gasteiger partial charge in [0.25, 0.3) is 5.56 Å². The Morgan fingerprint density at radius 3 is 2.23 bits per heavy atom. The molecule has 154 valence electrons. The van der Waals surface area contributed by atoms with Crippen LogP contribution in [0.1, 0.15) is 23.3 Å². The Bertz CT molecular complexity index is 1100. The Morgan fingerprint density at radius 1 is 0.967 bits per heavy atom. The summed E-state index contributed by atoms with van der Waals surface area (Å²) in [7, 11) is 2.88. The third-order valence-corrected chi connectivity index (χ3v) is 4.53. The predicted molar refractivity (Wildman–Crippen MR) is 112 cm³/mol. The lowest BCUT2D eigenvalue weighted by atomic mass is 10.1. The molecule has 0 radical (unpaired) electrons. The minimum Gasteiger partial charge on any atom is -0.497 e. The van der Waals surface area contributed by atoms with Crippen molar-refractivity contribution < 1.29 is 19.1 Å². The highest BCUT2D eigenvalue weighted by Crippen LogP contribution is 2.20. The predicted octanol–water partition coefficient (Wildman–Crippen LogP) is 2.91. The number of aromatic nitrogens is 2. The highest BCUT2D eigenvalue weighted by molar-refractivity contribution is 5.94. The molecule has 2 aromatic carbocycles. The summed E-state index contributed by atoms with van der Waals surface area (Å²) < 4.78 is 10.9. The summed E-state index contributed by atoms with van der Waals surface area (Å²) in [6, 6.07) is 15.6. The first kappa shape index (κ1) is 20.8. The molecule has 0 saturated carbocycles. The molecule has 1 aromatic heterocycles. The lowest BCUT2D eigenvalue weighted by Gasteiger charge is -2.15. The Balaban J connectivity index is 1.79. The second kappa shape index (κ2) is 9.04. The van der Waals surface area contributed by atoms with Crippen LogP contribution in [0.3, 0.4) is 0 Å². The van der Waals surface area contributed by atoms with Crippen LogP contribution in [0.2, 0.25) is 0 Å². The Kier molecular flexibility index (Phi) is 6.26. The number of esters is 1. The van der Waals surface area contributed by atoms with E-state index < -0.39 is 23.5 Å². The number of hydrogen-bond acceptors (Lipinski definition) is 6. The normalized spacial score (nSPS) is 11.4. The Labute approximate surface area is 173 Å². The third kappa shape index (κ3) is 4.54. The summed E-state index contributed by atoms with van der Waals surface area (Å²) in [5.74, 6) is -0.173. The minimum absolute atomic E-state index is 0.369. The molecule has 0 aliphatic carbocycles. The minimum atomic E-state index is -0.851. The van der Waals surface area contributed by atoms with Crippen LogP contribution in [0, 0.1) is 0 Å². The third-order valence-electron chi connectivity index (χ3n) is 4.53. The number of carbonyl (C=O) groups is 2. The molecule has 0 aliphatic rings. The first-order chi connectivity index (χ1) is 14.4. The maximum Gasteiger partial charge on any atom is 0.337 e. The number of nitrogens with zero attached hydrogens (tertiary/aromatic N) is 2. The number of benzene rings is 2. The van der Waals surface area contributed by atoms with Crippen molar-refractivity contribution in [2.75, 3.05) is 19.5 Å². The van der Waals surface area contributed by atoms with Crippen LogP contribution in [0.5, 0.6) is 5.75 Å². The van der Waals surface area contributed by atoms with E-state index in [0.29, 0.717) is 22.7 Å². The van der Waals surface area contributed by atoms with Gasteiger partial charge in [0.05, 0.1) is 25.5 Å². The summed E-state index contributed by atoms with van der Waals surface area (Å²) in [6.45, 7) is 1.59. The number of amides is 1. The largest absolute Gasteiger partial charge is 0.497 e. The molecule has 1 unspecified atom stereocenters. The monoisotopic (exact) mass is 407 g/mol. The molecule has 0 bridgehead atoms. The van der Waals surface area contributed by atoms with Crippen molar-refractivity contribution in [2.24, 2.45) is 0 Å². The van der Waals surface area contributed by atoms with Crippen LogP contribution in [0.4, 0.5) is 5.69 Å². The molecule has 0 spiro atoms. The molecule has 8 nitrogen and oxygen atoms in total. The number of nitrogens with one attached hydrogen (secondary N) is 1. The molecule has 0 aliphatic heterocycles. The van der Waals surface area contributed by atoms with Crippen LogP contribution < -0.4 is 15.6 Å². The van der Waals surface area contributed by atoms with E-state index in [0.717, 1.165) is 10.2 Å². The molecule has 3 rings (SSSR count). The smallest absolute Gasteiger partial charge is 0.337 e. The number of hydrogen-bond donors (Lipinski definition) is 1. The van der Waals surface area contributed by atoms with Gasteiger partial charge in [-0.05, 0) is 61.5 Å². The summed E-state index contributed by atoms with van der Waals surface area (Å²) >= 11 is 0. The molecule has 8 heteroatoms. The van der Waals surface area contributed by atoms with Crippen LogP contribution in [-0.2, 0) is 9.53 Å². The molecule has 1 heterocycles. The van der Waals surface area contributed by atoms with Crippen LogP contribution in [0.15, 0.2) is 65.5 Å². The molecule has 1 N–H and O–H groups in total. The molecule has 0 saturated heterocycles. The van der Waals surface area contributed by atoms with Crippen molar-refractivity contribution in [3.63, 3.8) is 0 Å². The summed E-state index contributed by atoms with van der Waals surface area (Å²) in [4.78, 5) is 36.5. The zero-order valence-electron chi connectivity index (χ0n) is 16.8. The number of carbonyl (C=O) groups excluding carboxylic acids is 2. The standard InChI is InChI=1S/C22H21N3O5/c1-14(21(27)23-17-8-4-16(5-9-17)22(28)30-3)25-20(26)13-12-19(24-25)15-6-10-18(29-2)11-7-15/h4-14H,1-3H3,(H,23,27). The number of rotatable bonds is 6. The van der Waals surface area contributed by atoms with E-state index in [1.54, 1.807) is 56.5 Å². The second-order valence-electron chi connectivity index (χ2n) is 6.46. The van der Waals surface area contributed by atoms with Gasteiger partial charge >= 0.3 is 5.97 Å². The molecule has 0 fully saturated rings. The first-order valence-corrected chi connectivity index (χ1v) is 9.16. The zero-order valence-corrected chi connectivity index (χ0v) is 16.8. The van der Waals surface area contributed by atoms with Crippen molar-refractivity contribution in [1.29, 1.82) is 0 Å². The Hall–Kier alpha value is -3.94. The average Bonchev–Trinajstić information content (AvgIpc) is 2.79. The fourth-order valence-electron chi connectivity index (χ4n) is 2.78. The van der Waals surface area contributed by atoms with Gasteiger partial charge < -0.3 is 14.8 Å².